The number of carbonyl (C=O) groups is 1. The largest absolute Gasteiger partial charge is 0.439 e. The summed E-state index contributed by atoms with van der Waals surface area (Å²) in [7, 11) is 0. The molecule has 1 amide bonds. The van der Waals surface area contributed by atoms with Gasteiger partial charge in [-0.25, -0.2) is 9.97 Å². The van der Waals surface area contributed by atoms with Crippen molar-refractivity contribution >= 4 is 11.7 Å². The molecule has 1 fully saturated rings. The van der Waals surface area contributed by atoms with Gasteiger partial charge in [0.05, 0.1) is 0 Å². The lowest BCUT2D eigenvalue weighted by Crippen LogP contribution is -2.41. The zero-order valence-corrected chi connectivity index (χ0v) is 17.6. The average molecular weight is 417 g/mol. The summed E-state index contributed by atoms with van der Waals surface area (Å²) in [5.74, 6) is 2.34. The molecule has 4 rings (SSSR count). The molecule has 2 aromatic carbocycles. The Balaban J connectivity index is 1.22. The minimum Gasteiger partial charge on any atom is -0.439 e. The van der Waals surface area contributed by atoms with E-state index in [9.17, 15) is 4.79 Å². The van der Waals surface area contributed by atoms with Gasteiger partial charge in [0.15, 0.2) is 0 Å². The smallest absolute Gasteiger partial charge is 0.224 e. The third-order valence-electron chi connectivity index (χ3n) is 5.57. The van der Waals surface area contributed by atoms with E-state index in [1.54, 1.807) is 0 Å². The zero-order chi connectivity index (χ0) is 21.3. The molecule has 0 spiro atoms. The number of carbonyl (C=O) groups excluding carboxylic acids is 1. The summed E-state index contributed by atoms with van der Waals surface area (Å²) in [6, 6.07) is 21.8. The van der Waals surface area contributed by atoms with Crippen molar-refractivity contribution in [2.24, 2.45) is 5.92 Å². The monoisotopic (exact) mass is 416 g/mol. The van der Waals surface area contributed by atoms with E-state index in [1.807, 2.05) is 42.5 Å². The quantitative estimate of drug-likeness (QED) is 0.557. The van der Waals surface area contributed by atoms with E-state index in [1.165, 1.54) is 11.9 Å². The molecule has 0 radical (unpaired) electrons. The van der Waals surface area contributed by atoms with Crippen LogP contribution < -0.4 is 15.0 Å². The van der Waals surface area contributed by atoms with Gasteiger partial charge in [-0.15, -0.1) is 0 Å². The Morgan fingerprint density at radius 2 is 1.71 bits per heavy atom. The van der Waals surface area contributed by atoms with Crippen LogP contribution in [0.1, 0.15) is 24.8 Å². The van der Waals surface area contributed by atoms with Gasteiger partial charge in [-0.3, -0.25) is 4.79 Å². The van der Waals surface area contributed by atoms with Crippen LogP contribution in [-0.2, 0) is 11.2 Å². The Hall–Kier alpha value is -3.41. The second kappa shape index (κ2) is 10.6. The fraction of sp³-hybridized carbons (Fsp3) is 0.320. The van der Waals surface area contributed by atoms with Crippen molar-refractivity contribution in [3.63, 3.8) is 0 Å². The molecular formula is C25H28N4O2. The predicted molar refractivity (Wildman–Crippen MR) is 121 cm³/mol. The number of aromatic nitrogens is 2. The van der Waals surface area contributed by atoms with E-state index in [4.69, 9.17) is 4.74 Å². The van der Waals surface area contributed by atoms with Gasteiger partial charge >= 0.3 is 0 Å². The van der Waals surface area contributed by atoms with Crippen LogP contribution in [0.5, 0.6) is 11.6 Å². The fourth-order valence-electron chi connectivity index (χ4n) is 3.83. The molecular weight excluding hydrogens is 388 g/mol. The van der Waals surface area contributed by atoms with E-state index in [-0.39, 0.29) is 11.8 Å². The lowest BCUT2D eigenvalue weighted by Gasteiger charge is -2.32. The van der Waals surface area contributed by atoms with Gasteiger partial charge in [0, 0.05) is 31.6 Å². The molecule has 6 heteroatoms. The summed E-state index contributed by atoms with van der Waals surface area (Å²) in [6.45, 7) is 2.31. The maximum Gasteiger partial charge on any atom is 0.224 e. The average Bonchev–Trinajstić information content (AvgIpc) is 2.83. The molecule has 6 nitrogen and oxygen atoms in total. The summed E-state index contributed by atoms with van der Waals surface area (Å²) >= 11 is 0. The Morgan fingerprint density at radius 3 is 2.45 bits per heavy atom. The van der Waals surface area contributed by atoms with Crippen LogP contribution in [-0.4, -0.2) is 35.5 Å². The standard InChI is InChI=1S/C25H28N4O2/c30-25(26-15-7-10-20-8-3-1-4-9-20)21-13-16-29(17-14-21)23-18-24(28-19-27-23)31-22-11-5-2-6-12-22/h1-6,8-9,11-12,18-19,21H,7,10,13-17H2,(H,26,30). The molecule has 0 saturated carbocycles. The molecule has 0 unspecified atom stereocenters. The number of hydrogen-bond acceptors (Lipinski definition) is 5. The van der Waals surface area contributed by atoms with Crippen LogP contribution in [0, 0.1) is 5.92 Å². The minimum atomic E-state index is 0.0647. The summed E-state index contributed by atoms with van der Waals surface area (Å²) < 4.78 is 5.81. The van der Waals surface area contributed by atoms with Crippen LogP contribution in [0.3, 0.4) is 0 Å². The van der Waals surface area contributed by atoms with Gasteiger partial charge in [0.1, 0.15) is 17.9 Å². The Morgan fingerprint density at radius 1 is 1.00 bits per heavy atom. The van der Waals surface area contributed by atoms with E-state index < -0.39 is 0 Å². The van der Waals surface area contributed by atoms with Crippen molar-refractivity contribution in [1.82, 2.24) is 15.3 Å². The van der Waals surface area contributed by atoms with E-state index in [0.29, 0.717) is 5.88 Å². The molecule has 1 aliphatic rings. The second-order valence-electron chi connectivity index (χ2n) is 7.77. The number of benzene rings is 2. The van der Waals surface area contributed by atoms with Crippen molar-refractivity contribution in [2.75, 3.05) is 24.5 Å². The summed E-state index contributed by atoms with van der Waals surface area (Å²) in [4.78, 5) is 23.3. The maximum atomic E-state index is 12.5. The lowest BCUT2D eigenvalue weighted by atomic mass is 9.96. The number of nitrogens with one attached hydrogen (secondary N) is 1. The minimum absolute atomic E-state index is 0.0647. The fourth-order valence-corrected chi connectivity index (χ4v) is 3.83. The van der Waals surface area contributed by atoms with Gasteiger partial charge in [-0.1, -0.05) is 48.5 Å². The highest BCUT2D eigenvalue weighted by atomic mass is 16.5. The van der Waals surface area contributed by atoms with Crippen molar-refractivity contribution in [3.8, 4) is 11.6 Å². The number of para-hydroxylation sites is 1. The highest BCUT2D eigenvalue weighted by molar-refractivity contribution is 5.78. The Labute approximate surface area is 183 Å². The highest BCUT2D eigenvalue weighted by Gasteiger charge is 2.25. The van der Waals surface area contributed by atoms with Crippen molar-refractivity contribution in [1.29, 1.82) is 0 Å². The third kappa shape index (κ3) is 6.04. The normalized spacial score (nSPS) is 14.3. The van der Waals surface area contributed by atoms with E-state index in [0.717, 1.165) is 56.9 Å². The predicted octanol–water partition coefficient (Wildman–Crippen LogP) is 4.23. The third-order valence-corrected chi connectivity index (χ3v) is 5.57. The number of amides is 1. The molecule has 0 atom stereocenters. The number of piperidine rings is 1. The molecule has 1 N–H and O–H groups in total. The molecule has 1 aliphatic heterocycles. The zero-order valence-electron chi connectivity index (χ0n) is 17.6. The van der Waals surface area contributed by atoms with Crippen molar-refractivity contribution < 1.29 is 9.53 Å². The van der Waals surface area contributed by atoms with Gasteiger partial charge in [0.25, 0.3) is 0 Å². The topological polar surface area (TPSA) is 67.4 Å². The van der Waals surface area contributed by atoms with Gasteiger partial charge in [-0.05, 0) is 43.4 Å². The number of aryl methyl sites for hydroxylation is 1. The van der Waals surface area contributed by atoms with Crippen molar-refractivity contribution in [2.45, 2.75) is 25.7 Å². The van der Waals surface area contributed by atoms with Gasteiger partial charge < -0.3 is 15.0 Å². The van der Waals surface area contributed by atoms with Crippen LogP contribution in [0.2, 0.25) is 0 Å². The maximum absolute atomic E-state index is 12.5. The molecule has 1 aromatic heterocycles. The highest BCUT2D eigenvalue weighted by Crippen LogP contribution is 2.25. The van der Waals surface area contributed by atoms with Crippen LogP contribution >= 0.6 is 0 Å². The van der Waals surface area contributed by atoms with Gasteiger partial charge in [0.2, 0.25) is 11.8 Å². The summed E-state index contributed by atoms with van der Waals surface area (Å²) in [6.07, 6.45) is 5.12. The van der Waals surface area contributed by atoms with Crippen LogP contribution in [0.4, 0.5) is 5.82 Å². The number of ether oxygens (including phenoxy) is 1. The summed E-state index contributed by atoms with van der Waals surface area (Å²) in [5.41, 5.74) is 1.31. The lowest BCUT2D eigenvalue weighted by molar-refractivity contribution is -0.125. The number of anilines is 1. The SMILES string of the molecule is O=C(NCCCc1ccccc1)C1CCN(c2cc(Oc3ccccc3)ncn2)CC1. The first kappa shape index (κ1) is 20.8. The molecule has 160 valence electrons. The van der Waals surface area contributed by atoms with Crippen LogP contribution in [0.15, 0.2) is 73.1 Å². The van der Waals surface area contributed by atoms with Crippen LogP contribution in [0.25, 0.3) is 0 Å². The number of nitrogens with zero attached hydrogens (tertiary/aromatic N) is 3. The molecule has 3 aromatic rings. The summed E-state index contributed by atoms with van der Waals surface area (Å²) in [5, 5.41) is 3.11. The number of rotatable bonds is 8. The first-order valence-corrected chi connectivity index (χ1v) is 10.9. The first-order valence-electron chi connectivity index (χ1n) is 10.9. The molecule has 1 saturated heterocycles. The molecule has 31 heavy (non-hydrogen) atoms. The first-order chi connectivity index (χ1) is 15.3. The van der Waals surface area contributed by atoms with E-state index >= 15 is 0 Å². The molecule has 0 bridgehead atoms. The molecule has 2 heterocycles. The Bertz CT molecular complexity index is 958. The Kier molecular flexibility index (Phi) is 7.11. The number of hydrogen-bond donors (Lipinski definition) is 1. The van der Waals surface area contributed by atoms with Gasteiger partial charge in [-0.2, -0.15) is 0 Å². The molecule has 0 aliphatic carbocycles. The second-order valence-corrected chi connectivity index (χ2v) is 7.77. The van der Waals surface area contributed by atoms with E-state index in [2.05, 4.69) is 44.5 Å². The van der Waals surface area contributed by atoms with Crippen molar-refractivity contribution in [3.05, 3.63) is 78.6 Å².